The zero-order chi connectivity index (χ0) is 38.1. The summed E-state index contributed by atoms with van der Waals surface area (Å²) in [5.41, 5.74) is 2.08. The van der Waals surface area contributed by atoms with Gasteiger partial charge in [0.1, 0.15) is 5.75 Å². The first-order valence-electron chi connectivity index (χ1n) is 18.2. The van der Waals surface area contributed by atoms with E-state index in [-0.39, 0.29) is 43.1 Å². The summed E-state index contributed by atoms with van der Waals surface area (Å²) >= 11 is 0. The highest BCUT2D eigenvalue weighted by Gasteiger charge is 2.66. The zero-order valence-electron chi connectivity index (χ0n) is 31.0. The molecule has 12 nitrogen and oxygen atoms in total. The second kappa shape index (κ2) is 15.4. The Hall–Kier alpha value is -4.56. The van der Waals surface area contributed by atoms with Crippen LogP contribution in [0, 0.1) is 5.92 Å². The first-order valence-corrected chi connectivity index (χ1v) is 21.2. The molecule has 1 spiro atoms. The van der Waals surface area contributed by atoms with Gasteiger partial charge in [0.15, 0.2) is 13.9 Å². The van der Waals surface area contributed by atoms with Crippen LogP contribution in [-0.4, -0.2) is 86.3 Å². The number of amides is 3. The van der Waals surface area contributed by atoms with E-state index in [1.807, 2.05) is 31.2 Å². The number of aliphatic hydroxyl groups excluding tert-OH is 1. The fraction of sp³-hybridized carbons (Fsp3) is 0.450. The lowest BCUT2D eigenvalue weighted by Gasteiger charge is -2.37. The third kappa shape index (κ3) is 7.35. The van der Waals surface area contributed by atoms with Crippen molar-refractivity contribution in [3.8, 4) is 5.75 Å². The number of carbonyl (C=O) groups excluding carboxylic acids is 4. The first kappa shape index (κ1) is 38.2. The average Bonchev–Trinajstić information content (AvgIpc) is 3.57. The molecule has 3 aromatic rings. The molecular weight excluding hydrogens is 695 g/mol. The molecule has 0 saturated carbocycles. The lowest BCUT2D eigenvalue weighted by atomic mass is 9.82. The molecule has 13 heteroatoms. The van der Waals surface area contributed by atoms with Crippen molar-refractivity contribution in [1.29, 1.82) is 0 Å². The number of nitrogens with zero attached hydrogens (tertiary/aromatic N) is 2. The third-order valence-corrected chi connectivity index (χ3v) is 13.6. The molecule has 0 aromatic heterocycles. The van der Waals surface area contributed by atoms with E-state index >= 15 is 0 Å². The summed E-state index contributed by atoms with van der Waals surface area (Å²) in [7, 11) is -0.211. The second-order valence-corrected chi connectivity index (χ2v) is 18.8. The Morgan fingerprint density at radius 1 is 1.02 bits per heavy atom. The SMILES string of the molecule is COC(=O)CCCCN1C(=O)[C@@]2(O[C@@H](CC(=O)N3Cc4ccccc4C[C@H]3CO)[C@H]([Si](C)(C)O)[C@H]2C)c2cc(NC(=O)c3ccc(OC)cc3)ccc21. The number of fused-ring (bicyclic) bond motifs is 3. The molecule has 53 heavy (non-hydrogen) atoms. The average molecular weight is 744 g/mol. The van der Waals surface area contributed by atoms with Gasteiger partial charge in [0.05, 0.1) is 45.1 Å². The second-order valence-electron chi connectivity index (χ2n) is 14.8. The van der Waals surface area contributed by atoms with Crippen LogP contribution in [0.15, 0.2) is 66.7 Å². The van der Waals surface area contributed by atoms with Crippen LogP contribution in [0.1, 0.15) is 59.7 Å². The van der Waals surface area contributed by atoms with E-state index in [0.717, 1.165) is 11.1 Å². The summed E-state index contributed by atoms with van der Waals surface area (Å²) in [5, 5.41) is 13.3. The van der Waals surface area contributed by atoms with Gasteiger partial charge in [-0.05, 0) is 85.9 Å². The number of ether oxygens (including phenoxy) is 3. The fourth-order valence-electron chi connectivity index (χ4n) is 8.50. The number of anilines is 2. The zero-order valence-corrected chi connectivity index (χ0v) is 32.0. The molecule has 0 radical (unpaired) electrons. The Balaban J connectivity index is 1.34. The van der Waals surface area contributed by atoms with Crippen molar-refractivity contribution >= 4 is 43.4 Å². The van der Waals surface area contributed by atoms with Crippen molar-refractivity contribution < 1.29 is 43.3 Å². The highest BCUT2D eigenvalue weighted by atomic mass is 28.4. The largest absolute Gasteiger partial charge is 0.497 e. The molecule has 0 aliphatic carbocycles. The molecule has 3 aliphatic rings. The third-order valence-electron chi connectivity index (χ3n) is 11.1. The number of esters is 1. The summed E-state index contributed by atoms with van der Waals surface area (Å²) < 4.78 is 17.0. The quantitative estimate of drug-likeness (QED) is 0.135. The van der Waals surface area contributed by atoms with Crippen LogP contribution in [-0.2, 0) is 42.4 Å². The van der Waals surface area contributed by atoms with E-state index in [2.05, 4.69) is 5.32 Å². The van der Waals surface area contributed by atoms with Gasteiger partial charge in [-0.25, -0.2) is 0 Å². The summed E-state index contributed by atoms with van der Waals surface area (Å²) in [6, 6.07) is 19.5. The summed E-state index contributed by atoms with van der Waals surface area (Å²) in [6.45, 7) is 5.96. The van der Waals surface area contributed by atoms with Gasteiger partial charge in [-0.2, -0.15) is 0 Å². The lowest BCUT2D eigenvalue weighted by molar-refractivity contribution is -0.151. The molecule has 5 atom stereocenters. The Bertz CT molecular complexity index is 1860. The predicted octanol–water partition coefficient (Wildman–Crippen LogP) is 4.77. The maximum absolute atomic E-state index is 14.9. The van der Waals surface area contributed by atoms with Crippen molar-refractivity contribution in [3.05, 3.63) is 89.0 Å². The highest BCUT2D eigenvalue weighted by molar-refractivity contribution is 6.71. The predicted molar refractivity (Wildman–Crippen MR) is 201 cm³/mol. The summed E-state index contributed by atoms with van der Waals surface area (Å²) in [6.07, 6.45) is 0.885. The van der Waals surface area contributed by atoms with Crippen molar-refractivity contribution in [2.24, 2.45) is 5.92 Å². The lowest BCUT2D eigenvalue weighted by Crippen LogP contribution is -2.48. The van der Waals surface area contributed by atoms with Gasteiger partial charge in [-0.3, -0.25) is 19.2 Å². The van der Waals surface area contributed by atoms with Crippen LogP contribution in [0.4, 0.5) is 11.4 Å². The number of nitrogens with one attached hydrogen (secondary N) is 1. The van der Waals surface area contributed by atoms with E-state index in [9.17, 15) is 29.1 Å². The number of hydrogen-bond acceptors (Lipinski definition) is 9. The number of carbonyl (C=O) groups is 4. The monoisotopic (exact) mass is 743 g/mol. The molecule has 3 aliphatic heterocycles. The van der Waals surface area contributed by atoms with E-state index in [4.69, 9.17) is 14.2 Å². The van der Waals surface area contributed by atoms with Crippen LogP contribution >= 0.6 is 0 Å². The molecule has 1 saturated heterocycles. The molecule has 0 unspecified atom stereocenters. The molecule has 3 N–H and O–H groups in total. The maximum Gasteiger partial charge on any atom is 0.305 e. The topological polar surface area (TPSA) is 155 Å². The summed E-state index contributed by atoms with van der Waals surface area (Å²) in [4.78, 5) is 69.3. The van der Waals surface area contributed by atoms with Gasteiger partial charge in [0.25, 0.3) is 11.8 Å². The number of rotatable bonds is 12. The van der Waals surface area contributed by atoms with Crippen molar-refractivity contribution in [1.82, 2.24) is 4.90 Å². The minimum absolute atomic E-state index is 0.0813. The molecular formula is C40H49N3O9Si. The first-order chi connectivity index (χ1) is 25.3. The molecule has 1 fully saturated rings. The summed E-state index contributed by atoms with van der Waals surface area (Å²) in [5.74, 6) is -1.13. The Morgan fingerprint density at radius 3 is 2.40 bits per heavy atom. The van der Waals surface area contributed by atoms with Gasteiger partial charge in [0.2, 0.25) is 5.91 Å². The molecule has 282 valence electrons. The normalized spacial score (nSPS) is 23.5. The van der Waals surface area contributed by atoms with Crippen molar-refractivity contribution in [2.45, 2.75) is 82.0 Å². The van der Waals surface area contributed by atoms with Crippen LogP contribution in [0.5, 0.6) is 5.75 Å². The molecule has 3 aromatic carbocycles. The van der Waals surface area contributed by atoms with Crippen molar-refractivity contribution in [2.75, 3.05) is 37.6 Å². The van der Waals surface area contributed by atoms with Gasteiger partial charge in [-0.1, -0.05) is 31.2 Å². The minimum atomic E-state index is -3.10. The molecule has 6 rings (SSSR count). The Morgan fingerprint density at radius 2 is 1.74 bits per heavy atom. The van der Waals surface area contributed by atoms with Gasteiger partial charge >= 0.3 is 5.97 Å². The van der Waals surface area contributed by atoms with Gasteiger partial charge < -0.3 is 39.2 Å². The number of hydrogen-bond donors (Lipinski definition) is 3. The fourth-order valence-corrected chi connectivity index (χ4v) is 11.1. The number of methoxy groups -OCH3 is 2. The van der Waals surface area contributed by atoms with Crippen molar-refractivity contribution in [3.63, 3.8) is 0 Å². The molecule has 0 bridgehead atoms. The highest BCUT2D eigenvalue weighted by Crippen LogP contribution is 2.60. The van der Waals surface area contributed by atoms with E-state index in [1.165, 1.54) is 7.11 Å². The molecule has 3 heterocycles. The standard InChI is InChI=1S/C40H49N3O9Si/c1-25-37(53(4,5)49)34(22-35(45)43-23-28-11-7-6-10-27(28)20-30(43)24-44)52-40(25)32-21-29(41-38(47)26-13-16-31(50-2)17-14-26)15-18-33(32)42(39(40)48)19-9-8-12-36(46)51-3/h6-7,10-11,13-18,21,25,30,34,37,44,49H,8-9,12,19-20,22-24H2,1-5H3,(H,41,47)/t25-,30+,34+,37-,40+/m1/s1. The minimum Gasteiger partial charge on any atom is -0.497 e. The van der Waals surface area contributed by atoms with Gasteiger partial charge in [0, 0.05) is 47.8 Å². The van der Waals surface area contributed by atoms with E-state index in [1.54, 1.807) is 72.5 Å². The van der Waals surface area contributed by atoms with Gasteiger partial charge in [-0.15, -0.1) is 0 Å². The Labute approximate surface area is 311 Å². The number of unbranched alkanes of at least 4 members (excludes halogenated alkanes) is 1. The van der Waals surface area contributed by atoms with Crippen LogP contribution < -0.4 is 15.0 Å². The van der Waals surface area contributed by atoms with E-state index in [0.29, 0.717) is 60.6 Å². The van der Waals surface area contributed by atoms with E-state index < -0.39 is 37.5 Å². The van der Waals surface area contributed by atoms with Crippen LogP contribution in [0.25, 0.3) is 0 Å². The van der Waals surface area contributed by atoms with Crippen LogP contribution in [0.2, 0.25) is 18.6 Å². The maximum atomic E-state index is 14.9. The smallest absolute Gasteiger partial charge is 0.305 e. The number of aliphatic hydroxyl groups is 1. The number of benzene rings is 3. The van der Waals surface area contributed by atoms with Crippen LogP contribution in [0.3, 0.4) is 0 Å². The molecule has 3 amide bonds. The Kier molecular flexibility index (Phi) is 11.1.